The van der Waals surface area contributed by atoms with E-state index < -0.39 is 0 Å². The van der Waals surface area contributed by atoms with Gasteiger partial charge >= 0.3 is 29.6 Å². The summed E-state index contributed by atoms with van der Waals surface area (Å²) < 4.78 is 0. The molecule has 1 rings (SSSR count). The van der Waals surface area contributed by atoms with Gasteiger partial charge in [-0.1, -0.05) is 42.5 Å². The molecule has 10 heavy (non-hydrogen) atoms. The fourth-order valence-electron chi connectivity index (χ4n) is 0.757. The predicted octanol–water partition coefficient (Wildman–Crippen LogP) is 2.07. The Bertz CT molecular complexity index is 189. The first-order valence-electron chi connectivity index (χ1n) is 3.11. The van der Waals surface area contributed by atoms with Gasteiger partial charge in [-0.2, -0.15) is 0 Å². The summed E-state index contributed by atoms with van der Waals surface area (Å²) in [5, 5.41) is 0. The molecule has 0 aliphatic heterocycles. The number of rotatable bonds is 1. The molecule has 0 unspecified atom stereocenters. The molecule has 0 atom stereocenters. The quantitative estimate of drug-likeness (QED) is 0.526. The van der Waals surface area contributed by atoms with Crippen LogP contribution in [0.1, 0.15) is 12.5 Å². The first kappa shape index (κ1) is 9.96. The van der Waals surface area contributed by atoms with Crippen molar-refractivity contribution in [3.8, 4) is 0 Å². The van der Waals surface area contributed by atoms with Gasteiger partial charge in [0.05, 0.1) is 0 Å². The molecule has 0 radical (unpaired) electrons. The first-order chi connectivity index (χ1) is 4.43. The van der Waals surface area contributed by atoms with Gasteiger partial charge in [-0.05, 0) is 12.5 Å². The van der Waals surface area contributed by atoms with Crippen LogP contribution in [0.2, 0.25) is 0 Å². The molecule has 1 aromatic rings. The standard InChI is InChI=1S/C9H10.Na.H/c1-2-6-9-7-4-3-5-8-9;;/h2-8H,1H3;;. The average Bonchev–Trinajstić information content (AvgIpc) is 1.91. The van der Waals surface area contributed by atoms with Crippen molar-refractivity contribution in [2.75, 3.05) is 0 Å². The van der Waals surface area contributed by atoms with Crippen molar-refractivity contribution in [2.45, 2.75) is 6.92 Å². The van der Waals surface area contributed by atoms with Gasteiger partial charge in [0, 0.05) is 0 Å². The van der Waals surface area contributed by atoms with Gasteiger partial charge in [0.2, 0.25) is 0 Å². The minimum absolute atomic E-state index is 0. The van der Waals surface area contributed by atoms with E-state index in [0.717, 1.165) is 0 Å². The summed E-state index contributed by atoms with van der Waals surface area (Å²) in [7, 11) is 0. The van der Waals surface area contributed by atoms with Crippen molar-refractivity contribution >= 4 is 35.6 Å². The van der Waals surface area contributed by atoms with Gasteiger partial charge in [0.15, 0.2) is 0 Å². The minimum atomic E-state index is 0. The Balaban J connectivity index is 0.000000810. The van der Waals surface area contributed by atoms with Crippen molar-refractivity contribution in [2.24, 2.45) is 0 Å². The summed E-state index contributed by atoms with van der Waals surface area (Å²) >= 11 is 0. The van der Waals surface area contributed by atoms with E-state index in [4.69, 9.17) is 0 Å². The average molecular weight is 142 g/mol. The van der Waals surface area contributed by atoms with Crippen molar-refractivity contribution in [3.05, 3.63) is 42.0 Å². The molecule has 0 aliphatic rings. The molecule has 1 aromatic carbocycles. The van der Waals surface area contributed by atoms with Gasteiger partial charge in [0.25, 0.3) is 0 Å². The number of hydrogen-bond acceptors (Lipinski definition) is 0. The molecule has 0 saturated carbocycles. The molecule has 0 spiro atoms. The van der Waals surface area contributed by atoms with Crippen molar-refractivity contribution in [1.82, 2.24) is 0 Å². The second-order valence-corrected chi connectivity index (χ2v) is 1.91. The van der Waals surface area contributed by atoms with Crippen molar-refractivity contribution < 1.29 is 0 Å². The van der Waals surface area contributed by atoms with E-state index in [0.29, 0.717) is 0 Å². The van der Waals surface area contributed by atoms with Crippen LogP contribution in [0.15, 0.2) is 36.4 Å². The Morgan fingerprint density at radius 2 is 1.70 bits per heavy atom. The molecule has 0 saturated heterocycles. The van der Waals surface area contributed by atoms with Crippen LogP contribution < -0.4 is 0 Å². The van der Waals surface area contributed by atoms with Crippen LogP contribution in [-0.2, 0) is 0 Å². The predicted molar refractivity (Wildman–Crippen MR) is 48.3 cm³/mol. The maximum absolute atomic E-state index is 2.08. The molecule has 48 valence electrons. The number of hydrogen-bond donors (Lipinski definition) is 0. The summed E-state index contributed by atoms with van der Waals surface area (Å²) in [6, 6.07) is 10.3. The summed E-state index contributed by atoms with van der Waals surface area (Å²) in [4.78, 5) is 0. The zero-order valence-electron chi connectivity index (χ0n) is 5.54. The summed E-state index contributed by atoms with van der Waals surface area (Å²) in [5.41, 5.74) is 1.26. The SMILES string of the molecule is CC=Cc1ccccc1.[NaH]. The second-order valence-electron chi connectivity index (χ2n) is 1.91. The van der Waals surface area contributed by atoms with Crippen molar-refractivity contribution in [3.63, 3.8) is 0 Å². The van der Waals surface area contributed by atoms with E-state index in [-0.39, 0.29) is 29.6 Å². The molecule has 0 fully saturated rings. The molecular formula is C9H11Na. The number of allylic oxidation sites excluding steroid dienone is 1. The normalized spacial score (nSPS) is 9.30. The van der Waals surface area contributed by atoms with E-state index in [2.05, 4.69) is 18.2 Å². The molecule has 0 heterocycles. The molecular weight excluding hydrogens is 131 g/mol. The summed E-state index contributed by atoms with van der Waals surface area (Å²) in [6.45, 7) is 2.02. The molecule has 0 N–H and O–H groups in total. The molecule has 1 heteroatoms. The molecule has 0 amide bonds. The molecule has 0 nitrogen and oxygen atoms in total. The van der Waals surface area contributed by atoms with Gasteiger partial charge < -0.3 is 0 Å². The van der Waals surface area contributed by atoms with Crippen LogP contribution in [0.3, 0.4) is 0 Å². The Kier molecular flexibility index (Phi) is 5.70. The van der Waals surface area contributed by atoms with Crippen LogP contribution in [0.5, 0.6) is 0 Å². The maximum atomic E-state index is 2.08. The molecule has 0 aliphatic carbocycles. The third kappa shape index (κ3) is 3.21. The van der Waals surface area contributed by atoms with E-state index in [1.165, 1.54) is 5.56 Å². The molecule has 0 aromatic heterocycles. The monoisotopic (exact) mass is 142 g/mol. The van der Waals surface area contributed by atoms with Gasteiger partial charge in [0.1, 0.15) is 0 Å². The summed E-state index contributed by atoms with van der Waals surface area (Å²) in [6.07, 6.45) is 4.12. The second kappa shape index (κ2) is 5.72. The van der Waals surface area contributed by atoms with Crippen LogP contribution in [-0.4, -0.2) is 29.6 Å². The third-order valence-corrected chi connectivity index (χ3v) is 1.16. The van der Waals surface area contributed by atoms with E-state index in [9.17, 15) is 0 Å². The first-order valence-corrected chi connectivity index (χ1v) is 3.11. The zero-order chi connectivity index (χ0) is 6.53. The van der Waals surface area contributed by atoms with E-state index in [1.54, 1.807) is 0 Å². The Morgan fingerprint density at radius 3 is 2.20 bits per heavy atom. The third-order valence-electron chi connectivity index (χ3n) is 1.16. The Labute approximate surface area is 84.3 Å². The Morgan fingerprint density at radius 1 is 1.10 bits per heavy atom. The van der Waals surface area contributed by atoms with E-state index in [1.807, 2.05) is 31.2 Å². The topological polar surface area (TPSA) is 0 Å². The fraction of sp³-hybridized carbons (Fsp3) is 0.111. The van der Waals surface area contributed by atoms with Crippen LogP contribution in [0.25, 0.3) is 6.08 Å². The van der Waals surface area contributed by atoms with Gasteiger partial charge in [-0.3, -0.25) is 0 Å². The van der Waals surface area contributed by atoms with Gasteiger partial charge in [-0.25, -0.2) is 0 Å². The van der Waals surface area contributed by atoms with Gasteiger partial charge in [-0.15, -0.1) is 0 Å². The fourth-order valence-corrected chi connectivity index (χ4v) is 0.757. The summed E-state index contributed by atoms with van der Waals surface area (Å²) in [5.74, 6) is 0. The van der Waals surface area contributed by atoms with E-state index >= 15 is 0 Å². The van der Waals surface area contributed by atoms with Crippen LogP contribution in [0.4, 0.5) is 0 Å². The van der Waals surface area contributed by atoms with Crippen LogP contribution in [0, 0.1) is 0 Å². The van der Waals surface area contributed by atoms with Crippen molar-refractivity contribution in [1.29, 1.82) is 0 Å². The molecule has 0 bridgehead atoms. The Hall–Kier alpha value is -0.0400. The number of benzene rings is 1. The van der Waals surface area contributed by atoms with Crippen LogP contribution >= 0.6 is 0 Å². The zero-order valence-corrected chi connectivity index (χ0v) is 5.54.